The zero-order valence-electron chi connectivity index (χ0n) is 21.4. The van der Waals surface area contributed by atoms with Gasteiger partial charge in [0.25, 0.3) is 0 Å². The van der Waals surface area contributed by atoms with Crippen LogP contribution < -0.4 is 9.47 Å². The van der Waals surface area contributed by atoms with Gasteiger partial charge in [-0.05, 0) is 89.8 Å². The highest BCUT2D eigenvalue weighted by molar-refractivity contribution is 9.10. The Kier molecular flexibility index (Phi) is 6.82. The molecule has 0 spiro atoms. The number of nitrogens with zero attached hydrogens (tertiary/aromatic N) is 1. The van der Waals surface area contributed by atoms with Crippen molar-refractivity contribution >= 4 is 27.5 Å². The van der Waals surface area contributed by atoms with Crippen molar-refractivity contribution in [1.29, 1.82) is 0 Å². The van der Waals surface area contributed by atoms with Crippen LogP contribution in [0.2, 0.25) is 0 Å². The fourth-order valence-electron chi connectivity index (χ4n) is 5.78. The van der Waals surface area contributed by atoms with Crippen LogP contribution in [0, 0.1) is 13.8 Å². The van der Waals surface area contributed by atoms with Crippen molar-refractivity contribution in [3.8, 4) is 11.5 Å². The number of Topliss-reactive ketones (excluding diaryl/α,β-unsaturated/α-hetero) is 2. The molecule has 0 radical (unpaired) electrons. The molecular weight excluding hydrogens is 518 g/mol. The molecule has 0 aromatic heterocycles. The molecule has 0 bridgehead atoms. The van der Waals surface area contributed by atoms with Gasteiger partial charge in [-0.25, -0.2) is 0 Å². The van der Waals surface area contributed by atoms with Gasteiger partial charge in [0, 0.05) is 48.3 Å². The monoisotopic (exact) mass is 549 g/mol. The number of hydrogen-bond acceptors (Lipinski definition) is 5. The SMILES string of the molecule is COc1cc(C2C3=C(CCCC3=O)N(C)C3=C2C(=O)CCC3)cc(Br)c1OCc1ccc(C)c(C)c1. The lowest BCUT2D eigenvalue weighted by molar-refractivity contribution is -0.117. The number of rotatable bonds is 5. The minimum atomic E-state index is -0.370. The third-order valence-electron chi connectivity index (χ3n) is 7.78. The summed E-state index contributed by atoms with van der Waals surface area (Å²) in [7, 11) is 3.63. The molecule has 5 rings (SSSR count). The predicted molar refractivity (Wildman–Crippen MR) is 143 cm³/mol. The van der Waals surface area contributed by atoms with Crippen LogP contribution in [0.4, 0.5) is 0 Å². The van der Waals surface area contributed by atoms with Gasteiger partial charge in [0.1, 0.15) is 6.61 Å². The summed E-state index contributed by atoms with van der Waals surface area (Å²) in [5, 5.41) is 0. The smallest absolute Gasteiger partial charge is 0.175 e. The van der Waals surface area contributed by atoms with Gasteiger partial charge in [0.2, 0.25) is 0 Å². The molecule has 1 aliphatic heterocycles. The van der Waals surface area contributed by atoms with E-state index in [-0.39, 0.29) is 17.5 Å². The maximum absolute atomic E-state index is 13.3. The third kappa shape index (κ3) is 4.30. The summed E-state index contributed by atoms with van der Waals surface area (Å²) < 4.78 is 12.7. The second kappa shape index (κ2) is 9.89. The standard InChI is InChI=1S/C30H32BrNO4/c1-17-11-12-19(13-18(17)2)16-36-30-21(31)14-20(15-26(30)35-4)27-28-22(7-5-9-24(28)33)32(3)23-8-6-10-25(34)29(23)27/h11-15,27H,5-10,16H2,1-4H3. The van der Waals surface area contributed by atoms with E-state index in [4.69, 9.17) is 9.47 Å². The minimum absolute atomic E-state index is 0.142. The summed E-state index contributed by atoms with van der Waals surface area (Å²) in [6.07, 6.45) is 4.46. The maximum Gasteiger partial charge on any atom is 0.175 e. The average molecular weight is 550 g/mol. The Morgan fingerprint density at radius 1 is 0.917 bits per heavy atom. The molecule has 2 aliphatic carbocycles. The van der Waals surface area contributed by atoms with E-state index in [2.05, 4.69) is 52.9 Å². The van der Waals surface area contributed by atoms with Crippen molar-refractivity contribution in [2.45, 2.75) is 64.9 Å². The number of allylic oxidation sites excluding steroid dienone is 4. The lowest BCUT2D eigenvalue weighted by atomic mass is 9.71. The molecular formula is C30H32BrNO4. The molecule has 2 aromatic rings. The van der Waals surface area contributed by atoms with Gasteiger partial charge in [-0.2, -0.15) is 0 Å². The van der Waals surface area contributed by atoms with E-state index < -0.39 is 0 Å². The molecule has 1 heterocycles. The van der Waals surface area contributed by atoms with Gasteiger partial charge >= 0.3 is 0 Å². The minimum Gasteiger partial charge on any atom is -0.493 e. The number of ketones is 2. The Bertz CT molecular complexity index is 1280. The number of halogens is 1. The van der Waals surface area contributed by atoms with Crippen molar-refractivity contribution in [1.82, 2.24) is 4.90 Å². The van der Waals surface area contributed by atoms with Crippen LogP contribution in [0.1, 0.15) is 66.7 Å². The van der Waals surface area contributed by atoms with Gasteiger partial charge in [0.15, 0.2) is 23.1 Å². The van der Waals surface area contributed by atoms with Gasteiger partial charge in [-0.15, -0.1) is 0 Å². The molecule has 0 amide bonds. The average Bonchev–Trinajstić information content (AvgIpc) is 2.86. The van der Waals surface area contributed by atoms with Crippen LogP contribution in [0.15, 0.2) is 57.3 Å². The first-order chi connectivity index (χ1) is 17.3. The first kappa shape index (κ1) is 24.8. The highest BCUT2D eigenvalue weighted by atomic mass is 79.9. The van der Waals surface area contributed by atoms with E-state index in [1.165, 1.54) is 11.1 Å². The van der Waals surface area contributed by atoms with Crippen LogP contribution in [0.3, 0.4) is 0 Å². The van der Waals surface area contributed by atoms with Crippen LogP contribution in [0.25, 0.3) is 0 Å². The quantitative estimate of drug-likeness (QED) is 0.415. The Balaban J connectivity index is 1.57. The lowest BCUT2D eigenvalue weighted by Crippen LogP contribution is -2.37. The molecule has 6 heteroatoms. The van der Waals surface area contributed by atoms with Crippen molar-refractivity contribution in [2.24, 2.45) is 0 Å². The van der Waals surface area contributed by atoms with Gasteiger partial charge in [-0.1, -0.05) is 18.2 Å². The van der Waals surface area contributed by atoms with Crippen LogP contribution in [-0.4, -0.2) is 30.6 Å². The molecule has 0 N–H and O–H groups in total. The molecule has 188 valence electrons. The van der Waals surface area contributed by atoms with Crippen LogP contribution in [0.5, 0.6) is 11.5 Å². The second-order valence-corrected chi connectivity index (χ2v) is 10.9. The lowest BCUT2D eigenvalue weighted by Gasteiger charge is -2.42. The zero-order valence-corrected chi connectivity index (χ0v) is 23.0. The van der Waals surface area contributed by atoms with Crippen LogP contribution in [-0.2, 0) is 16.2 Å². The summed E-state index contributed by atoms with van der Waals surface area (Å²) in [4.78, 5) is 28.7. The van der Waals surface area contributed by atoms with E-state index in [9.17, 15) is 9.59 Å². The van der Waals surface area contributed by atoms with E-state index >= 15 is 0 Å². The molecule has 0 atom stereocenters. The Morgan fingerprint density at radius 2 is 1.56 bits per heavy atom. The summed E-state index contributed by atoms with van der Waals surface area (Å²) >= 11 is 3.71. The first-order valence-electron chi connectivity index (χ1n) is 12.6. The second-order valence-electron chi connectivity index (χ2n) is 10.0. The van der Waals surface area contributed by atoms with Crippen LogP contribution >= 0.6 is 15.9 Å². The number of methoxy groups -OCH3 is 1. The van der Waals surface area contributed by atoms with E-state index in [1.54, 1.807) is 7.11 Å². The molecule has 0 fully saturated rings. The molecule has 0 saturated heterocycles. The molecule has 0 saturated carbocycles. The summed E-state index contributed by atoms with van der Waals surface area (Å²) in [6, 6.07) is 10.2. The summed E-state index contributed by atoms with van der Waals surface area (Å²) in [6.45, 7) is 4.60. The zero-order chi connectivity index (χ0) is 25.6. The van der Waals surface area contributed by atoms with Crippen molar-refractivity contribution < 1.29 is 19.1 Å². The predicted octanol–water partition coefficient (Wildman–Crippen LogP) is 6.70. The Hall–Kier alpha value is -2.86. The van der Waals surface area contributed by atoms with Gasteiger partial charge in [-0.3, -0.25) is 9.59 Å². The molecule has 3 aliphatic rings. The van der Waals surface area contributed by atoms with Crippen molar-refractivity contribution in [3.05, 3.63) is 79.6 Å². The van der Waals surface area contributed by atoms with E-state index in [0.717, 1.165) is 63.8 Å². The maximum atomic E-state index is 13.3. The largest absolute Gasteiger partial charge is 0.493 e. The third-order valence-corrected chi connectivity index (χ3v) is 8.37. The summed E-state index contributed by atoms with van der Waals surface area (Å²) in [5.74, 6) is 1.11. The van der Waals surface area contributed by atoms with Gasteiger partial charge in [0.05, 0.1) is 11.6 Å². The number of carbonyl (C=O) groups is 2. The highest BCUT2D eigenvalue weighted by Gasteiger charge is 2.42. The number of ether oxygens (including phenoxy) is 2. The normalized spacial score (nSPS) is 18.4. The number of hydrogen-bond donors (Lipinski definition) is 0. The van der Waals surface area contributed by atoms with E-state index in [0.29, 0.717) is 30.9 Å². The molecule has 2 aromatic carbocycles. The Morgan fingerprint density at radius 3 is 2.14 bits per heavy atom. The van der Waals surface area contributed by atoms with Crippen molar-refractivity contribution in [3.63, 3.8) is 0 Å². The number of benzene rings is 2. The summed E-state index contributed by atoms with van der Waals surface area (Å²) in [5.41, 5.74) is 8.11. The first-order valence-corrected chi connectivity index (χ1v) is 13.4. The van der Waals surface area contributed by atoms with Gasteiger partial charge < -0.3 is 14.4 Å². The molecule has 36 heavy (non-hydrogen) atoms. The number of carbonyl (C=O) groups excluding carboxylic acids is 2. The topological polar surface area (TPSA) is 55.8 Å². The highest BCUT2D eigenvalue weighted by Crippen LogP contribution is 2.50. The molecule has 0 unspecified atom stereocenters. The van der Waals surface area contributed by atoms with E-state index in [1.807, 2.05) is 19.2 Å². The fraction of sp³-hybridized carbons (Fsp3) is 0.400. The fourth-order valence-corrected chi connectivity index (χ4v) is 6.36. The molecule has 5 nitrogen and oxygen atoms in total. The Labute approximate surface area is 221 Å². The van der Waals surface area contributed by atoms with Crippen molar-refractivity contribution in [2.75, 3.05) is 14.2 Å². The number of aryl methyl sites for hydroxylation is 2.